The van der Waals surface area contributed by atoms with Crippen LogP contribution in [0.2, 0.25) is 0 Å². The first kappa shape index (κ1) is 18.9. The molecule has 1 aliphatic rings. The Balaban J connectivity index is 1.28. The Hall–Kier alpha value is -3.39. The van der Waals surface area contributed by atoms with Gasteiger partial charge in [0, 0.05) is 38.1 Å². The first-order valence-electron chi connectivity index (χ1n) is 9.66. The number of hydrogen-bond acceptors (Lipinski definition) is 5. The zero-order valence-electron chi connectivity index (χ0n) is 16.1. The monoisotopic (exact) mass is 392 g/mol. The number of anilines is 2. The number of pyridine rings is 1. The molecule has 1 aromatic carbocycles. The predicted octanol–water partition coefficient (Wildman–Crippen LogP) is 2.48. The zero-order valence-corrected chi connectivity index (χ0v) is 16.1. The van der Waals surface area contributed by atoms with Crippen LogP contribution >= 0.6 is 0 Å². The Morgan fingerprint density at radius 3 is 2.72 bits per heavy atom. The van der Waals surface area contributed by atoms with Crippen molar-refractivity contribution in [3.63, 3.8) is 0 Å². The first-order chi connectivity index (χ1) is 14.3. The summed E-state index contributed by atoms with van der Waals surface area (Å²) < 4.78 is 7.17. The van der Waals surface area contributed by atoms with Crippen LogP contribution < -0.4 is 15.5 Å². The van der Waals surface area contributed by atoms with Gasteiger partial charge in [0.25, 0.3) is 0 Å². The minimum Gasteiger partial charge on any atom is -0.378 e. The molecule has 4 rings (SSSR count). The van der Waals surface area contributed by atoms with Crippen LogP contribution in [0.5, 0.6) is 0 Å². The number of nitrogens with zero attached hydrogens (tertiary/aromatic N) is 4. The maximum Gasteiger partial charge on any atom is 0.320 e. The standard InChI is InChI=1S/C21H24N6O2/c28-21(24-19-7-9-27(25-19)16-17-4-2-1-3-5-17)23-15-18-6-8-22-20(14-18)26-10-12-29-13-11-26/h1-9,14H,10-13,15-16H2,(H2,23,24,25,28). The van der Waals surface area contributed by atoms with Crippen LogP contribution in [0.25, 0.3) is 0 Å². The lowest BCUT2D eigenvalue weighted by molar-refractivity contribution is 0.122. The van der Waals surface area contributed by atoms with E-state index < -0.39 is 0 Å². The highest BCUT2D eigenvalue weighted by atomic mass is 16.5. The molecular formula is C21H24N6O2. The van der Waals surface area contributed by atoms with Crippen molar-refractivity contribution in [2.75, 3.05) is 36.5 Å². The van der Waals surface area contributed by atoms with E-state index in [9.17, 15) is 4.79 Å². The average Bonchev–Trinajstić information content (AvgIpc) is 3.20. The van der Waals surface area contributed by atoms with Crippen molar-refractivity contribution in [2.24, 2.45) is 0 Å². The summed E-state index contributed by atoms with van der Waals surface area (Å²) in [6, 6.07) is 15.5. The number of amides is 2. The molecule has 0 spiro atoms. The molecule has 0 unspecified atom stereocenters. The Morgan fingerprint density at radius 2 is 1.90 bits per heavy atom. The summed E-state index contributed by atoms with van der Waals surface area (Å²) in [5.74, 6) is 1.43. The van der Waals surface area contributed by atoms with Crippen LogP contribution in [0.3, 0.4) is 0 Å². The summed E-state index contributed by atoms with van der Waals surface area (Å²) in [6.45, 7) is 4.15. The van der Waals surface area contributed by atoms with E-state index in [2.05, 4.69) is 25.6 Å². The molecule has 0 bridgehead atoms. The minimum absolute atomic E-state index is 0.292. The Kier molecular flexibility index (Phi) is 6.01. The number of morpholine rings is 1. The molecule has 0 aliphatic carbocycles. The van der Waals surface area contributed by atoms with Crippen LogP contribution in [0.4, 0.5) is 16.4 Å². The van der Waals surface area contributed by atoms with E-state index in [1.54, 1.807) is 16.9 Å². The third-order valence-corrected chi connectivity index (χ3v) is 4.67. The van der Waals surface area contributed by atoms with E-state index in [1.807, 2.05) is 48.7 Å². The van der Waals surface area contributed by atoms with E-state index >= 15 is 0 Å². The summed E-state index contributed by atoms with van der Waals surface area (Å²) in [5.41, 5.74) is 2.15. The van der Waals surface area contributed by atoms with Crippen LogP contribution in [-0.2, 0) is 17.8 Å². The molecule has 0 atom stereocenters. The number of urea groups is 1. The fourth-order valence-corrected chi connectivity index (χ4v) is 3.17. The SMILES string of the molecule is O=C(NCc1ccnc(N2CCOCC2)c1)Nc1ccn(Cc2ccccc2)n1. The molecule has 2 amide bonds. The van der Waals surface area contributed by atoms with E-state index in [-0.39, 0.29) is 6.03 Å². The molecule has 1 aliphatic heterocycles. The van der Waals surface area contributed by atoms with Gasteiger partial charge < -0.3 is 15.0 Å². The molecule has 29 heavy (non-hydrogen) atoms. The highest BCUT2D eigenvalue weighted by molar-refractivity contribution is 5.88. The molecule has 150 valence electrons. The number of benzene rings is 1. The third-order valence-electron chi connectivity index (χ3n) is 4.67. The number of rotatable bonds is 6. The van der Waals surface area contributed by atoms with Gasteiger partial charge >= 0.3 is 6.03 Å². The lowest BCUT2D eigenvalue weighted by atomic mass is 10.2. The van der Waals surface area contributed by atoms with E-state index in [1.165, 1.54) is 0 Å². The summed E-state index contributed by atoms with van der Waals surface area (Å²) >= 11 is 0. The van der Waals surface area contributed by atoms with Gasteiger partial charge in [0.05, 0.1) is 19.8 Å². The second-order valence-electron chi connectivity index (χ2n) is 6.81. The van der Waals surface area contributed by atoms with Crippen molar-refractivity contribution in [3.05, 3.63) is 72.1 Å². The van der Waals surface area contributed by atoms with E-state index in [0.29, 0.717) is 32.1 Å². The molecular weight excluding hydrogens is 368 g/mol. The van der Waals surface area contributed by atoms with Crippen molar-refractivity contribution in [2.45, 2.75) is 13.1 Å². The Labute approximate surface area is 169 Å². The first-order valence-corrected chi connectivity index (χ1v) is 9.66. The summed E-state index contributed by atoms with van der Waals surface area (Å²) in [6.07, 6.45) is 3.62. The highest BCUT2D eigenvalue weighted by Gasteiger charge is 2.13. The second kappa shape index (κ2) is 9.20. The molecule has 3 aromatic rings. The van der Waals surface area contributed by atoms with E-state index in [0.717, 1.165) is 30.0 Å². The number of carbonyl (C=O) groups excluding carboxylic acids is 1. The fourth-order valence-electron chi connectivity index (χ4n) is 3.17. The summed E-state index contributed by atoms with van der Waals surface area (Å²) in [5, 5.41) is 10.0. The molecule has 8 nitrogen and oxygen atoms in total. The van der Waals surface area contributed by atoms with Gasteiger partial charge in [-0.25, -0.2) is 9.78 Å². The van der Waals surface area contributed by atoms with Crippen molar-refractivity contribution in [1.82, 2.24) is 20.1 Å². The number of aromatic nitrogens is 3. The fraction of sp³-hybridized carbons (Fsp3) is 0.286. The molecule has 2 aromatic heterocycles. The largest absolute Gasteiger partial charge is 0.378 e. The van der Waals surface area contributed by atoms with Crippen LogP contribution in [0, 0.1) is 0 Å². The van der Waals surface area contributed by atoms with Crippen molar-refractivity contribution >= 4 is 17.7 Å². The molecule has 3 heterocycles. The quantitative estimate of drug-likeness (QED) is 0.673. The Morgan fingerprint density at radius 1 is 1.07 bits per heavy atom. The number of nitrogens with one attached hydrogen (secondary N) is 2. The van der Waals surface area contributed by atoms with Crippen LogP contribution in [0.1, 0.15) is 11.1 Å². The van der Waals surface area contributed by atoms with E-state index in [4.69, 9.17) is 4.74 Å². The zero-order chi connectivity index (χ0) is 19.9. The van der Waals surface area contributed by atoms with Crippen LogP contribution in [-0.4, -0.2) is 47.1 Å². The van der Waals surface area contributed by atoms with Crippen molar-refractivity contribution in [1.29, 1.82) is 0 Å². The summed E-state index contributed by atoms with van der Waals surface area (Å²) in [4.78, 5) is 18.8. The van der Waals surface area contributed by atoms with Gasteiger partial charge in [0.1, 0.15) is 5.82 Å². The molecule has 2 N–H and O–H groups in total. The number of carbonyl (C=O) groups is 1. The average molecular weight is 392 g/mol. The normalized spacial score (nSPS) is 13.9. The van der Waals surface area contributed by atoms with Crippen molar-refractivity contribution < 1.29 is 9.53 Å². The molecule has 0 radical (unpaired) electrons. The van der Waals surface area contributed by atoms with Gasteiger partial charge in [0.15, 0.2) is 5.82 Å². The maximum absolute atomic E-state index is 12.2. The molecule has 1 saturated heterocycles. The number of hydrogen-bond donors (Lipinski definition) is 2. The molecule has 1 fully saturated rings. The van der Waals surface area contributed by atoms with Gasteiger partial charge in [-0.15, -0.1) is 0 Å². The lowest BCUT2D eigenvalue weighted by Gasteiger charge is -2.28. The maximum atomic E-state index is 12.2. The molecule has 0 saturated carbocycles. The predicted molar refractivity (Wildman–Crippen MR) is 111 cm³/mol. The van der Waals surface area contributed by atoms with Gasteiger partial charge in [-0.1, -0.05) is 30.3 Å². The third kappa shape index (κ3) is 5.32. The van der Waals surface area contributed by atoms with Crippen LogP contribution in [0.15, 0.2) is 60.9 Å². The Bertz CT molecular complexity index is 937. The van der Waals surface area contributed by atoms with Gasteiger partial charge in [0.2, 0.25) is 0 Å². The second-order valence-corrected chi connectivity index (χ2v) is 6.81. The number of ether oxygens (including phenoxy) is 1. The minimum atomic E-state index is -0.292. The van der Waals surface area contributed by atoms with Gasteiger partial charge in [-0.2, -0.15) is 5.10 Å². The molecule has 8 heteroatoms. The van der Waals surface area contributed by atoms with Gasteiger partial charge in [-0.05, 0) is 23.3 Å². The highest BCUT2D eigenvalue weighted by Crippen LogP contribution is 2.14. The van der Waals surface area contributed by atoms with Gasteiger partial charge in [-0.3, -0.25) is 10.00 Å². The van der Waals surface area contributed by atoms with Crippen molar-refractivity contribution in [3.8, 4) is 0 Å². The topological polar surface area (TPSA) is 84.3 Å². The summed E-state index contributed by atoms with van der Waals surface area (Å²) in [7, 11) is 0. The smallest absolute Gasteiger partial charge is 0.320 e. The lowest BCUT2D eigenvalue weighted by Crippen LogP contribution is -2.36.